The molecule has 1 amide bonds. The second kappa shape index (κ2) is 6.78. The largest absolute Gasteiger partial charge is 0.409 e. The first-order chi connectivity index (χ1) is 9.35. The maximum Gasteiger partial charge on any atom is 0.390 e. The number of nitrogens with zero attached hydrogens (tertiary/aromatic N) is 1. The smallest absolute Gasteiger partial charge is 0.390 e. The number of carbonyl (C=O) groups excluding carboxylic acids is 1. The van der Waals surface area contributed by atoms with Crippen LogP contribution in [0.4, 0.5) is 13.2 Å². The van der Waals surface area contributed by atoms with Crippen LogP contribution in [-0.4, -0.2) is 29.7 Å². The van der Waals surface area contributed by atoms with Crippen LogP contribution in [-0.2, 0) is 4.79 Å². The van der Waals surface area contributed by atoms with Gasteiger partial charge in [0, 0.05) is 6.54 Å². The van der Waals surface area contributed by atoms with Crippen molar-refractivity contribution in [1.82, 2.24) is 5.32 Å². The fraction of sp³-hybridized carbons (Fsp3) is 0.333. The molecule has 0 heterocycles. The van der Waals surface area contributed by atoms with Gasteiger partial charge < -0.3 is 16.3 Å². The lowest BCUT2D eigenvalue weighted by Gasteiger charge is -2.16. The predicted molar refractivity (Wildman–Crippen MR) is 66.3 cm³/mol. The molecule has 110 valence electrons. The van der Waals surface area contributed by atoms with Crippen molar-refractivity contribution >= 4 is 11.7 Å². The van der Waals surface area contributed by atoms with Crippen LogP contribution in [0, 0.1) is 0 Å². The number of nitrogens with two attached hydrogens (primary N) is 1. The Bertz CT molecular complexity index is 475. The molecule has 0 aliphatic heterocycles. The molecular formula is C12H14F3N3O2. The minimum absolute atomic E-state index is 0.388. The molecular weight excluding hydrogens is 275 g/mol. The number of halogens is 3. The molecule has 1 rings (SSSR count). The summed E-state index contributed by atoms with van der Waals surface area (Å²) < 4.78 is 36.0. The molecule has 0 saturated carbocycles. The first kappa shape index (κ1) is 15.8. The fourth-order valence-electron chi connectivity index (χ4n) is 1.59. The molecule has 1 unspecified atom stereocenters. The van der Waals surface area contributed by atoms with Gasteiger partial charge >= 0.3 is 6.18 Å². The summed E-state index contributed by atoms with van der Waals surface area (Å²) in [5.74, 6) is -2.27. The number of hydrogen-bond donors (Lipinski definition) is 3. The molecule has 0 saturated heterocycles. The number of alkyl halides is 3. The van der Waals surface area contributed by atoms with Gasteiger partial charge in [-0.05, 0) is 5.56 Å². The van der Waals surface area contributed by atoms with Crippen LogP contribution in [0.3, 0.4) is 0 Å². The molecule has 0 aliphatic rings. The highest BCUT2D eigenvalue weighted by Gasteiger charge is 2.29. The number of benzene rings is 1. The van der Waals surface area contributed by atoms with Gasteiger partial charge in [0.15, 0.2) is 5.84 Å². The van der Waals surface area contributed by atoms with Gasteiger partial charge in [-0.25, -0.2) is 0 Å². The first-order valence-corrected chi connectivity index (χ1v) is 5.72. The number of nitrogens with one attached hydrogen (secondary N) is 1. The van der Waals surface area contributed by atoms with E-state index in [0.29, 0.717) is 5.56 Å². The zero-order valence-corrected chi connectivity index (χ0v) is 10.4. The molecule has 1 aromatic carbocycles. The Morgan fingerprint density at radius 1 is 1.35 bits per heavy atom. The van der Waals surface area contributed by atoms with E-state index in [-0.39, 0.29) is 5.84 Å². The van der Waals surface area contributed by atoms with E-state index in [1.54, 1.807) is 30.3 Å². The van der Waals surface area contributed by atoms with E-state index in [2.05, 4.69) is 10.5 Å². The van der Waals surface area contributed by atoms with E-state index in [9.17, 15) is 18.0 Å². The van der Waals surface area contributed by atoms with E-state index >= 15 is 0 Å². The minimum atomic E-state index is -4.36. The average Bonchev–Trinajstić information content (AvgIpc) is 2.38. The number of carbonyl (C=O) groups is 1. The Balaban J connectivity index is 2.78. The highest BCUT2D eigenvalue weighted by Crippen LogP contribution is 2.19. The Kier molecular flexibility index (Phi) is 5.36. The van der Waals surface area contributed by atoms with Crippen LogP contribution in [0.15, 0.2) is 35.5 Å². The van der Waals surface area contributed by atoms with E-state index in [0.717, 1.165) is 0 Å². The Morgan fingerprint density at radius 3 is 2.45 bits per heavy atom. The summed E-state index contributed by atoms with van der Waals surface area (Å²) in [5, 5.41) is 13.5. The van der Waals surface area contributed by atoms with E-state index < -0.39 is 31.0 Å². The van der Waals surface area contributed by atoms with Gasteiger partial charge in [-0.15, -0.1) is 0 Å². The summed E-state index contributed by atoms with van der Waals surface area (Å²) in [5.41, 5.74) is 5.85. The van der Waals surface area contributed by atoms with Crippen molar-refractivity contribution in [2.75, 3.05) is 6.54 Å². The molecule has 0 aromatic heterocycles. The number of amidine groups is 1. The third-order valence-electron chi connectivity index (χ3n) is 2.51. The molecule has 0 spiro atoms. The third-order valence-corrected chi connectivity index (χ3v) is 2.51. The Hall–Kier alpha value is -2.25. The summed E-state index contributed by atoms with van der Waals surface area (Å²) in [6, 6.07) is 8.10. The number of oxime groups is 1. The number of amides is 1. The van der Waals surface area contributed by atoms with Crippen molar-refractivity contribution < 1.29 is 23.2 Å². The van der Waals surface area contributed by atoms with Crippen LogP contribution in [0.5, 0.6) is 0 Å². The zero-order chi connectivity index (χ0) is 15.2. The van der Waals surface area contributed by atoms with Gasteiger partial charge in [-0.1, -0.05) is 35.5 Å². The lowest BCUT2D eigenvalue weighted by molar-refractivity contribution is -0.135. The summed E-state index contributed by atoms with van der Waals surface area (Å²) in [6.45, 7) is -0.565. The summed E-state index contributed by atoms with van der Waals surface area (Å²) in [6.07, 6.45) is -5.50. The van der Waals surface area contributed by atoms with Crippen LogP contribution >= 0.6 is 0 Å². The highest BCUT2D eigenvalue weighted by atomic mass is 19.4. The van der Waals surface area contributed by atoms with Crippen molar-refractivity contribution in [3.63, 3.8) is 0 Å². The van der Waals surface area contributed by atoms with Crippen molar-refractivity contribution in [3.8, 4) is 0 Å². The minimum Gasteiger partial charge on any atom is -0.409 e. The van der Waals surface area contributed by atoms with Crippen LogP contribution < -0.4 is 11.1 Å². The van der Waals surface area contributed by atoms with Gasteiger partial charge in [-0.3, -0.25) is 4.79 Å². The van der Waals surface area contributed by atoms with Crippen molar-refractivity contribution in [2.45, 2.75) is 18.5 Å². The van der Waals surface area contributed by atoms with Crippen LogP contribution in [0.1, 0.15) is 17.9 Å². The van der Waals surface area contributed by atoms with E-state index in [1.165, 1.54) is 0 Å². The third kappa shape index (κ3) is 4.79. The van der Waals surface area contributed by atoms with Crippen molar-refractivity contribution in [3.05, 3.63) is 35.9 Å². The van der Waals surface area contributed by atoms with Crippen molar-refractivity contribution in [2.24, 2.45) is 10.9 Å². The SMILES string of the molecule is NC(=NO)C(C(=O)NCCC(F)(F)F)c1ccccc1. The molecule has 20 heavy (non-hydrogen) atoms. The molecule has 1 aromatic rings. The van der Waals surface area contributed by atoms with Crippen LogP contribution in [0.2, 0.25) is 0 Å². The quantitative estimate of drug-likeness (QED) is 0.333. The van der Waals surface area contributed by atoms with Gasteiger partial charge in [0.2, 0.25) is 5.91 Å². The van der Waals surface area contributed by atoms with Crippen LogP contribution in [0.25, 0.3) is 0 Å². The molecule has 0 aliphatic carbocycles. The van der Waals surface area contributed by atoms with Gasteiger partial charge in [0.25, 0.3) is 0 Å². The summed E-state index contributed by atoms with van der Waals surface area (Å²) in [7, 11) is 0. The fourth-order valence-corrected chi connectivity index (χ4v) is 1.59. The Morgan fingerprint density at radius 2 is 1.95 bits per heavy atom. The molecule has 0 bridgehead atoms. The molecule has 0 radical (unpaired) electrons. The molecule has 5 nitrogen and oxygen atoms in total. The lowest BCUT2D eigenvalue weighted by Crippen LogP contribution is -2.38. The van der Waals surface area contributed by atoms with Gasteiger partial charge in [0.1, 0.15) is 5.92 Å². The average molecular weight is 289 g/mol. The van der Waals surface area contributed by atoms with Crippen molar-refractivity contribution in [1.29, 1.82) is 0 Å². The topological polar surface area (TPSA) is 87.7 Å². The monoisotopic (exact) mass is 289 g/mol. The first-order valence-electron chi connectivity index (χ1n) is 5.72. The normalized spacial score (nSPS) is 13.8. The summed E-state index contributed by atoms with van der Waals surface area (Å²) >= 11 is 0. The molecule has 4 N–H and O–H groups in total. The maximum absolute atomic E-state index is 12.0. The highest BCUT2D eigenvalue weighted by molar-refractivity contribution is 6.07. The second-order valence-corrected chi connectivity index (χ2v) is 4.02. The van der Waals surface area contributed by atoms with E-state index in [1.807, 2.05) is 0 Å². The number of rotatable bonds is 5. The van der Waals surface area contributed by atoms with Gasteiger partial charge in [0.05, 0.1) is 6.42 Å². The molecule has 8 heteroatoms. The lowest BCUT2D eigenvalue weighted by atomic mass is 9.97. The zero-order valence-electron chi connectivity index (χ0n) is 10.4. The standard InChI is InChI=1S/C12H14F3N3O2/c13-12(14,15)6-7-17-11(19)9(10(16)18-20)8-4-2-1-3-5-8/h1-5,9,20H,6-7H2,(H2,16,18)(H,17,19). The maximum atomic E-state index is 12.0. The predicted octanol–water partition coefficient (Wildman–Crippen LogP) is 1.59. The molecule has 1 atom stereocenters. The number of hydrogen-bond acceptors (Lipinski definition) is 3. The van der Waals surface area contributed by atoms with Gasteiger partial charge in [-0.2, -0.15) is 13.2 Å². The Labute approximate surface area is 113 Å². The molecule has 0 fully saturated rings. The second-order valence-electron chi connectivity index (χ2n) is 4.02. The van der Waals surface area contributed by atoms with E-state index in [4.69, 9.17) is 10.9 Å². The summed E-state index contributed by atoms with van der Waals surface area (Å²) in [4.78, 5) is 11.9.